The molecule has 2 aromatic carbocycles. The number of hydrazone groups is 1. The van der Waals surface area contributed by atoms with Crippen molar-refractivity contribution in [3.8, 4) is 17.0 Å². The molecule has 5 nitrogen and oxygen atoms in total. The molecule has 0 unspecified atom stereocenters. The van der Waals surface area contributed by atoms with E-state index in [1.54, 1.807) is 6.21 Å². The summed E-state index contributed by atoms with van der Waals surface area (Å²) in [7, 11) is 0. The number of nitrogens with one attached hydrogen (secondary N) is 1. The fourth-order valence-corrected chi connectivity index (χ4v) is 3.52. The first kappa shape index (κ1) is 17.7. The highest BCUT2D eigenvalue weighted by Gasteiger charge is 2.14. The average Bonchev–Trinajstić information content (AvgIpc) is 3.20. The van der Waals surface area contributed by atoms with Crippen LogP contribution in [-0.2, 0) is 4.74 Å². The number of rotatable bonds is 6. The van der Waals surface area contributed by atoms with Gasteiger partial charge in [-0.05, 0) is 29.8 Å². The normalized spacial score (nSPS) is 15.1. The molecule has 0 saturated carbocycles. The van der Waals surface area contributed by atoms with Crippen LogP contribution < -0.4 is 10.2 Å². The van der Waals surface area contributed by atoms with E-state index < -0.39 is 0 Å². The average molecular weight is 379 g/mol. The number of ether oxygens (including phenoxy) is 2. The van der Waals surface area contributed by atoms with Crippen molar-refractivity contribution < 1.29 is 9.47 Å². The molecule has 1 aliphatic heterocycles. The van der Waals surface area contributed by atoms with E-state index in [2.05, 4.69) is 15.5 Å². The van der Waals surface area contributed by atoms with Gasteiger partial charge in [0.2, 0.25) is 5.13 Å². The molecule has 1 aliphatic rings. The van der Waals surface area contributed by atoms with Gasteiger partial charge in [-0.25, -0.2) is 4.98 Å². The predicted molar refractivity (Wildman–Crippen MR) is 110 cm³/mol. The smallest absolute Gasteiger partial charge is 0.203 e. The van der Waals surface area contributed by atoms with Gasteiger partial charge in [-0.3, -0.25) is 5.43 Å². The lowest BCUT2D eigenvalue weighted by atomic mass is 10.1. The Morgan fingerprint density at radius 2 is 1.85 bits per heavy atom. The van der Waals surface area contributed by atoms with Gasteiger partial charge in [-0.1, -0.05) is 30.3 Å². The maximum Gasteiger partial charge on any atom is 0.203 e. The Hall–Kier alpha value is -2.70. The molecule has 6 heteroatoms. The molecule has 3 aromatic rings. The second-order valence-corrected chi connectivity index (χ2v) is 7.13. The molecule has 0 bridgehead atoms. The van der Waals surface area contributed by atoms with Crippen LogP contribution in [0.15, 0.2) is 65.1 Å². The van der Waals surface area contributed by atoms with E-state index in [1.165, 1.54) is 11.3 Å². The lowest BCUT2D eigenvalue weighted by Gasteiger charge is -2.23. The lowest BCUT2D eigenvalue weighted by Crippen LogP contribution is -2.25. The first-order valence-electron chi connectivity index (χ1n) is 9.01. The third-order valence-electron chi connectivity index (χ3n) is 4.30. The molecule has 1 N–H and O–H groups in total. The van der Waals surface area contributed by atoms with Crippen LogP contribution in [0.25, 0.3) is 11.3 Å². The predicted octanol–water partition coefficient (Wildman–Crippen LogP) is 4.81. The summed E-state index contributed by atoms with van der Waals surface area (Å²) in [6.45, 7) is 1.56. The summed E-state index contributed by atoms with van der Waals surface area (Å²) in [5, 5.41) is 7.07. The van der Waals surface area contributed by atoms with Crippen molar-refractivity contribution in [2.24, 2.45) is 5.10 Å². The number of nitrogens with zero attached hydrogens (tertiary/aromatic N) is 2. The van der Waals surface area contributed by atoms with Gasteiger partial charge >= 0.3 is 0 Å². The van der Waals surface area contributed by atoms with E-state index >= 15 is 0 Å². The van der Waals surface area contributed by atoms with Gasteiger partial charge in [-0.2, -0.15) is 5.10 Å². The molecule has 1 fully saturated rings. The highest BCUT2D eigenvalue weighted by molar-refractivity contribution is 7.14. The van der Waals surface area contributed by atoms with Crippen LogP contribution in [0.5, 0.6) is 5.75 Å². The molecular formula is C21H21N3O2S. The van der Waals surface area contributed by atoms with Gasteiger partial charge in [0.05, 0.1) is 25.1 Å². The van der Waals surface area contributed by atoms with Crippen molar-refractivity contribution in [2.75, 3.05) is 18.6 Å². The second kappa shape index (κ2) is 8.79. The minimum Gasteiger partial charge on any atom is -0.490 e. The zero-order chi connectivity index (χ0) is 18.3. The van der Waals surface area contributed by atoms with Crippen molar-refractivity contribution in [1.29, 1.82) is 0 Å². The number of thiazole rings is 1. The van der Waals surface area contributed by atoms with E-state index in [0.29, 0.717) is 0 Å². The van der Waals surface area contributed by atoms with Crippen LogP contribution >= 0.6 is 11.3 Å². The molecular weight excluding hydrogens is 358 g/mol. The number of anilines is 1. The summed E-state index contributed by atoms with van der Waals surface area (Å²) in [5.74, 6) is 0.888. The number of hydrogen-bond donors (Lipinski definition) is 1. The monoisotopic (exact) mass is 379 g/mol. The summed E-state index contributed by atoms with van der Waals surface area (Å²) in [6, 6.07) is 18.1. The Morgan fingerprint density at radius 1 is 1.07 bits per heavy atom. The molecule has 27 heavy (non-hydrogen) atoms. The zero-order valence-corrected chi connectivity index (χ0v) is 15.7. The molecule has 4 rings (SSSR count). The van der Waals surface area contributed by atoms with Crippen molar-refractivity contribution in [3.63, 3.8) is 0 Å². The summed E-state index contributed by atoms with van der Waals surface area (Å²) >= 11 is 1.54. The van der Waals surface area contributed by atoms with Gasteiger partial charge in [0.1, 0.15) is 11.9 Å². The molecule has 0 radical (unpaired) electrons. The Morgan fingerprint density at radius 3 is 2.63 bits per heavy atom. The first-order valence-corrected chi connectivity index (χ1v) is 9.89. The largest absolute Gasteiger partial charge is 0.490 e. The lowest BCUT2D eigenvalue weighted by molar-refractivity contribution is 0.0256. The van der Waals surface area contributed by atoms with E-state index in [1.807, 2.05) is 60.0 Å². The quantitative estimate of drug-likeness (QED) is 0.493. The van der Waals surface area contributed by atoms with Crippen molar-refractivity contribution in [3.05, 3.63) is 65.5 Å². The molecule has 138 valence electrons. The molecule has 0 amide bonds. The summed E-state index contributed by atoms with van der Waals surface area (Å²) in [6.07, 6.45) is 3.93. The van der Waals surface area contributed by atoms with Crippen LogP contribution in [0.1, 0.15) is 18.4 Å². The van der Waals surface area contributed by atoms with E-state index in [4.69, 9.17) is 9.47 Å². The molecule has 0 atom stereocenters. The SMILES string of the molecule is C(=NNc1nc(-c2ccccc2)cs1)c1ccc(OC2CCOCC2)cc1. The van der Waals surface area contributed by atoms with E-state index in [0.717, 1.165) is 53.8 Å². The Bertz CT molecular complexity index is 872. The molecule has 0 aliphatic carbocycles. The Kier molecular flexibility index (Phi) is 5.76. The Labute approximate surface area is 162 Å². The van der Waals surface area contributed by atoms with Gasteiger partial charge in [0, 0.05) is 23.8 Å². The fourth-order valence-electron chi connectivity index (χ4n) is 2.85. The van der Waals surface area contributed by atoms with Crippen LogP contribution in [0.3, 0.4) is 0 Å². The van der Waals surface area contributed by atoms with Gasteiger partial charge in [0.25, 0.3) is 0 Å². The molecule has 1 saturated heterocycles. The van der Waals surface area contributed by atoms with Gasteiger partial charge in [-0.15, -0.1) is 11.3 Å². The maximum absolute atomic E-state index is 5.98. The summed E-state index contributed by atoms with van der Waals surface area (Å²) in [4.78, 5) is 4.55. The maximum atomic E-state index is 5.98. The molecule has 2 heterocycles. The van der Waals surface area contributed by atoms with Gasteiger partial charge in [0.15, 0.2) is 0 Å². The zero-order valence-electron chi connectivity index (χ0n) is 14.9. The van der Waals surface area contributed by atoms with E-state index in [-0.39, 0.29) is 6.10 Å². The number of benzene rings is 2. The van der Waals surface area contributed by atoms with Crippen LogP contribution in [0.4, 0.5) is 5.13 Å². The highest BCUT2D eigenvalue weighted by Crippen LogP contribution is 2.24. The standard InChI is InChI=1S/C21H21N3O2S/c1-2-4-17(5-3-1)20-15-27-21(23-20)24-22-14-16-6-8-18(9-7-16)26-19-10-12-25-13-11-19/h1-9,14-15,19H,10-13H2,(H,23,24). The topological polar surface area (TPSA) is 55.7 Å². The van der Waals surface area contributed by atoms with E-state index in [9.17, 15) is 0 Å². The van der Waals surface area contributed by atoms with Crippen LogP contribution in [0.2, 0.25) is 0 Å². The van der Waals surface area contributed by atoms with Crippen LogP contribution in [0, 0.1) is 0 Å². The summed E-state index contributed by atoms with van der Waals surface area (Å²) in [5.41, 5.74) is 6.05. The third-order valence-corrected chi connectivity index (χ3v) is 5.05. The number of aromatic nitrogens is 1. The summed E-state index contributed by atoms with van der Waals surface area (Å²) < 4.78 is 11.3. The van der Waals surface area contributed by atoms with Crippen molar-refractivity contribution in [1.82, 2.24) is 4.98 Å². The third kappa shape index (κ3) is 4.93. The number of hydrogen-bond acceptors (Lipinski definition) is 6. The highest BCUT2D eigenvalue weighted by atomic mass is 32.1. The first-order chi connectivity index (χ1) is 13.4. The van der Waals surface area contributed by atoms with Crippen molar-refractivity contribution >= 4 is 22.7 Å². The molecule has 0 spiro atoms. The van der Waals surface area contributed by atoms with Crippen LogP contribution in [-0.4, -0.2) is 30.5 Å². The van der Waals surface area contributed by atoms with Gasteiger partial charge < -0.3 is 9.47 Å². The minimum absolute atomic E-state index is 0.253. The van der Waals surface area contributed by atoms with Crippen molar-refractivity contribution in [2.45, 2.75) is 18.9 Å². The second-order valence-electron chi connectivity index (χ2n) is 6.27. The Balaban J connectivity index is 1.31. The minimum atomic E-state index is 0.253. The molecule has 1 aromatic heterocycles. The fraction of sp³-hybridized carbons (Fsp3) is 0.238.